The molecule has 2 heterocycles. The summed E-state index contributed by atoms with van der Waals surface area (Å²) in [6, 6.07) is 8.99. The van der Waals surface area contributed by atoms with Crippen molar-refractivity contribution in [2.45, 2.75) is 77.0 Å². The number of pyridine rings is 2. The van der Waals surface area contributed by atoms with E-state index in [2.05, 4.69) is 72.3 Å². The fraction of sp³-hybridized carbons (Fsp3) is 0.583. The third-order valence-electron chi connectivity index (χ3n) is 5.28. The van der Waals surface area contributed by atoms with Crippen molar-refractivity contribution >= 4 is 0 Å². The van der Waals surface area contributed by atoms with E-state index in [4.69, 9.17) is 0 Å². The van der Waals surface area contributed by atoms with Crippen LogP contribution in [0.15, 0.2) is 49.1 Å². The summed E-state index contributed by atoms with van der Waals surface area (Å²) in [6.07, 6.45) is 25.0. The van der Waals surface area contributed by atoms with Gasteiger partial charge in [-0.2, -0.15) is 0 Å². The van der Waals surface area contributed by atoms with Crippen LogP contribution in [-0.4, -0.2) is 0 Å². The second kappa shape index (κ2) is 12.6. The Morgan fingerprint density at radius 2 is 0.731 bits per heavy atom. The monoisotopic (exact) mass is 354 g/mol. The van der Waals surface area contributed by atoms with E-state index in [1.165, 1.54) is 88.2 Å². The molecule has 0 saturated heterocycles. The van der Waals surface area contributed by atoms with Gasteiger partial charge in [0.05, 0.1) is 0 Å². The van der Waals surface area contributed by atoms with Gasteiger partial charge in [-0.05, 0) is 36.8 Å². The number of aryl methyl sites for hydroxylation is 4. The maximum absolute atomic E-state index is 2.25. The van der Waals surface area contributed by atoms with Crippen LogP contribution in [0.25, 0.3) is 0 Å². The second-order valence-electron chi connectivity index (χ2n) is 7.78. The molecule has 0 amide bonds. The highest BCUT2D eigenvalue weighted by molar-refractivity contribution is 5.07. The molecule has 0 spiro atoms. The van der Waals surface area contributed by atoms with Crippen molar-refractivity contribution in [3.63, 3.8) is 0 Å². The first-order valence-corrected chi connectivity index (χ1v) is 10.6. The lowest BCUT2D eigenvalue weighted by atomic mass is 10.0. The predicted octanol–water partition coefficient (Wildman–Crippen LogP) is 5.02. The topological polar surface area (TPSA) is 7.76 Å². The molecular formula is C24H38N2+2. The lowest BCUT2D eigenvalue weighted by Gasteiger charge is -2.03. The summed E-state index contributed by atoms with van der Waals surface area (Å²) < 4.78 is 4.20. The molecule has 2 aromatic heterocycles. The third-order valence-corrected chi connectivity index (χ3v) is 5.28. The molecule has 0 N–H and O–H groups in total. The van der Waals surface area contributed by atoms with Gasteiger partial charge < -0.3 is 0 Å². The maximum Gasteiger partial charge on any atom is 0.168 e. The van der Waals surface area contributed by atoms with Gasteiger partial charge in [-0.1, -0.05) is 51.4 Å². The van der Waals surface area contributed by atoms with Gasteiger partial charge in [-0.25, -0.2) is 9.13 Å². The molecule has 0 radical (unpaired) electrons. The lowest BCUT2D eigenvalue weighted by Crippen LogP contribution is -2.25. The van der Waals surface area contributed by atoms with E-state index < -0.39 is 0 Å². The van der Waals surface area contributed by atoms with Gasteiger partial charge in [0.15, 0.2) is 24.8 Å². The molecule has 0 fully saturated rings. The van der Waals surface area contributed by atoms with Gasteiger partial charge in [0, 0.05) is 24.3 Å². The van der Waals surface area contributed by atoms with E-state index in [0.29, 0.717) is 0 Å². The first kappa shape index (κ1) is 20.6. The van der Waals surface area contributed by atoms with Crippen LogP contribution >= 0.6 is 0 Å². The van der Waals surface area contributed by atoms with Crippen LogP contribution in [0, 0.1) is 0 Å². The molecule has 0 unspecified atom stereocenters. The molecule has 0 aliphatic rings. The molecule has 2 nitrogen and oxygen atoms in total. The minimum Gasteiger partial charge on any atom is -0.208 e. The van der Waals surface area contributed by atoms with E-state index in [1.54, 1.807) is 0 Å². The van der Waals surface area contributed by atoms with Gasteiger partial charge in [-0.3, -0.25) is 0 Å². The Labute approximate surface area is 160 Å². The molecule has 0 saturated carbocycles. The number of nitrogens with zero attached hydrogens (tertiary/aromatic N) is 2. The van der Waals surface area contributed by atoms with E-state index in [1.807, 2.05) is 0 Å². The molecule has 0 aliphatic carbocycles. The van der Waals surface area contributed by atoms with Gasteiger partial charge in [-0.15, -0.1) is 0 Å². The molecule has 2 heteroatoms. The summed E-state index contributed by atoms with van der Waals surface area (Å²) >= 11 is 0. The summed E-state index contributed by atoms with van der Waals surface area (Å²) in [5, 5.41) is 0. The Kier molecular flexibility index (Phi) is 10.0. The van der Waals surface area contributed by atoms with Crippen LogP contribution in [0.2, 0.25) is 0 Å². The standard InChI is InChI=1S/C24H38N2/c1-25-19-15-23(16-20-25)13-11-9-7-5-3-4-6-8-10-12-14-24-17-21-26(2)22-18-24/h15-22H,3-14H2,1-2H3/q+2. The molecule has 0 aromatic carbocycles. The molecule has 0 atom stereocenters. The van der Waals surface area contributed by atoms with Gasteiger partial charge in [0.25, 0.3) is 0 Å². The molecule has 0 aliphatic heterocycles. The third kappa shape index (κ3) is 9.12. The van der Waals surface area contributed by atoms with Crippen molar-refractivity contribution in [3.8, 4) is 0 Å². The highest BCUT2D eigenvalue weighted by atomic mass is 14.9. The van der Waals surface area contributed by atoms with Crippen molar-refractivity contribution in [2.24, 2.45) is 14.1 Å². The average Bonchev–Trinajstić information content (AvgIpc) is 2.65. The maximum atomic E-state index is 2.25. The number of aromatic nitrogens is 2. The van der Waals surface area contributed by atoms with Crippen molar-refractivity contribution < 1.29 is 9.13 Å². The zero-order valence-corrected chi connectivity index (χ0v) is 17.0. The highest BCUT2D eigenvalue weighted by Crippen LogP contribution is 2.13. The van der Waals surface area contributed by atoms with E-state index in [-0.39, 0.29) is 0 Å². The number of hydrogen-bond acceptors (Lipinski definition) is 0. The number of rotatable bonds is 13. The minimum absolute atomic E-state index is 1.24. The van der Waals surface area contributed by atoms with Crippen molar-refractivity contribution in [1.82, 2.24) is 0 Å². The van der Waals surface area contributed by atoms with Crippen molar-refractivity contribution in [2.75, 3.05) is 0 Å². The van der Waals surface area contributed by atoms with Crippen molar-refractivity contribution in [3.05, 3.63) is 60.2 Å². The number of unbranched alkanes of at least 4 members (excludes halogenated alkanes) is 9. The first-order valence-electron chi connectivity index (χ1n) is 10.6. The average molecular weight is 355 g/mol. The van der Waals surface area contributed by atoms with Gasteiger partial charge in [0.1, 0.15) is 14.1 Å². The molecule has 0 bridgehead atoms. The van der Waals surface area contributed by atoms with Gasteiger partial charge in [0.2, 0.25) is 0 Å². The summed E-state index contributed by atoms with van der Waals surface area (Å²) in [5.41, 5.74) is 2.96. The van der Waals surface area contributed by atoms with Gasteiger partial charge >= 0.3 is 0 Å². The Hall–Kier alpha value is -1.70. The molecular weight excluding hydrogens is 316 g/mol. The zero-order valence-electron chi connectivity index (χ0n) is 17.0. The first-order chi connectivity index (χ1) is 12.7. The zero-order chi connectivity index (χ0) is 18.5. The summed E-state index contributed by atoms with van der Waals surface area (Å²) in [4.78, 5) is 0. The molecule has 2 aromatic rings. The molecule has 2 rings (SSSR count). The summed E-state index contributed by atoms with van der Waals surface area (Å²) in [5.74, 6) is 0. The fourth-order valence-corrected chi connectivity index (χ4v) is 3.47. The van der Waals surface area contributed by atoms with E-state index in [9.17, 15) is 0 Å². The van der Waals surface area contributed by atoms with Crippen LogP contribution in [0.3, 0.4) is 0 Å². The predicted molar refractivity (Wildman–Crippen MR) is 109 cm³/mol. The fourth-order valence-electron chi connectivity index (χ4n) is 3.47. The Balaban J connectivity index is 1.35. The van der Waals surface area contributed by atoms with Crippen LogP contribution in [0.4, 0.5) is 0 Å². The van der Waals surface area contributed by atoms with E-state index >= 15 is 0 Å². The lowest BCUT2D eigenvalue weighted by molar-refractivity contribution is -0.671. The molecule has 142 valence electrons. The van der Waals surface area contributed by atoms with E-state index in [0.717, 1.165) is 0 Å². The Morgan fingerprint density at radius 3 is 1.04 bits per heavy atom. The smallest absolute Gasteiger partial charge is 0.168 e. The Morgan fingerprint density at radius 1 is 0.462 bits per heavy atom. The number of hydrogen-bond donors (Lipinski definition) is 0. The van der Waals surface area contributed by atoms with Crippen LogP contribution < -0.4 is 9.13 Å². The minimum atomic E-state index is 1.24. The Bertz CT molecular complexity index is 531. The van der Waals surface area contributed by atoms with Crippen LogP contribution in [0.1, 0.15) is 75.3 Å². The van der Waals surface area contributed by atoms with Crippen LogP contribution in [-0.2, 0) is 26.9 Å². The largest absolute Gasteiger partial charge is 0.208 e. The quantitative estimate of drug-likeness (QED) is 0.352. The van der Waals surface area contributed by atoms with Crippen molar-refractivity contribution in [1.29, 1.82) is 0 Å². The molecule has 26 heavy (non-hydrogen) atoms. The normalized spacial score (nSPS) is 11.0. The second-order valence-corrected chi connectivity index (χ2v) is 7.78. The summed E-state index contributed by atoms with van der Waals surface area (Å²) in [7, 11) is 4.15. The highest BCUT2D eigenvalue weighted by Gasteiger charge is 1.98. The van der Waals surface area contributed by atoms with Crippen LogP contribution in [0.5, 0.6) is 0 Å². The summed E-state index contributed by atoms with van der Waals surface area (Å²) in [6.45, 7) is 0. The SMILES string of the molecule is C[n+]1ccc(CCCCCCCCCCCCc2cc[n+](C)cc2)cc1.